The van der Waals surface area contributed by atoms with Gasteiger partial charge in [0.25, 0.3) is 0 Å². The Morgan fingerprint density at radius 3 is 3.00 bits per heavy atom. The molecule has 0 fully saturated rings. The van der Waals surface area contributed by atoms with Gasteiger partial charge in [0.1, 0.15) is 17.0 Å². The quantitative estimate of drug-likeness (QED) is 0.708. The van der Waals surface area contributed by atoms with E-state index in [1.165, 1.54) is 0 Å². The summed E-state index contributed by atoms with van der Waals surface area (Å²) in [5.74, 6) is 0.720. The van der Waals surface area contributed by atoms with E-state index in [-0.39, 0.29) is 6.10 Å². The van der Waals surface area contributed by atoms with Crippen LogP contribution in [0.25, 0.3) is 0 Å². The van der Waals surface area contributed by atoms with Crippen LogP contribution >= 0.6 is 11.6 Å². The average Bonchev–Trinajstić information content (AvgIpc) is 2.15. The number of ether oxygens (including phenoxy) is 2. The van der Waals surface area contributed by atoms with Gasteiger partial charge in [-0.3, -0.25) is 0 Å². The van der Waals surface area contributed by atoms with Crippen LogP contribution in [0.2, 0.25) is 5.15 Å². The molecule has 0 saturated heterocycles. The van der Waals surface area contributed by atoms with E-state index in [9.17, 15) is 0 Å². The van der Waals surface area contributed by atoms with Crippen LogP contribution in [0.15, 0.2) is 18.3 Å². The number of hydrogen-bond acceptors (Lipinski definition) is 3. The van der Waals surface area contributed by atoms with Crippen molar-refractivity contribution >= 4 is 11.6 Å². The van der Waals surface area contributed by atoms with Crippen molar-refractivity contribution in [1.82, 2.24) is 4.98 Å². The molecule has 0 bridgehead atoms. The van der Waals surface area contributed by atoms with E-state index in [2.05, 4.69) is 4.98 Å². The van der Waals surface area contributed by atoms with E-state index in [0.717, 1.165) is 5.75 Å². The van der Waals surface area contributed by atoms with E-state index in [1.807, 2.05) is 13.8 Å². The molecule has 0 amide bonds. The van der Waals surface area contributed by atoms with Crippen molar-refractivity contribution in [3.63, 3.8) is 0 Å². The van der Waals surface area contributed by atoms with Crippen LogP contribution in [0.4, 0.5) is 0 Å². The Bertz CT molecular complexity index is 281. The van der Waals surface area contributed by atoms with Crippen molar-refractivity contribution < 1.29 is 9.47 Å². The van der Waals surface area contributed by atoms with Crippen LogP contribution in [-0.2, 0) is 4.74 Å². The van der Waals surface area contributed by atoms with Crippen LogP contribution in [-0.4, -0.2) is 24.3 Å². The summed E-state index contributed by atoms with van der Waals surface area (Å²) in [4.78, 5) is 3.86. The molecule has 0 aliphatic rings. The second-order valence-electron chi connectivity index (χ2n) is 2.90. The molecule has 1 unspecified atom stereocenters. The lowest BCUT2D eigenvalue weighted by Gasteiger charge is -2.14. The van der Waals surface area contributed by atoms with Crippen molar-refractivity contribution in [3.05, 3.63) is 23.5 Å². The van der Waals surface area contributed by atoms with Crippen molar-refractivity contribution in [2.45, 2.75) is 20.0 Å². The Morgan fingerprint density at radius 2 is 2.36 bits per heavy atom. The first-order valence-electron chi connectivity index (χ1n) is 4.58. The highest BCUT2D eigenvalue weighted by molar-refractivity contribution is 6.29. The minimum atomic E-state index is 0.0217. The van der Waals surface area contributed by atoms with Crippen LogP contribution in [0.1, 0.15) is 13.8 Å². The zero-order chi connectivity index (χ0) is 10.4. The van der Waals surface area contributed by atoms with E-state index in [0.29, 0.717) is 18.4 Å². The zero-order valence-electron chi connectivity index (χ0n) is 8.37. The first-order valence-corrected chi connectivity index (χ1v) is 4.96. The topological polar surface area (TPSA) is 31.4 Å². The number of hydrogen-bond donors (Lipinski definition) is 0. The lowest BCUT2D eigenvalue weighted by atomic mass is 10.4. The largest absolute Gasteiger partial charge is 0.488 e. The Hall–Kier alpha value is -0.800. The van der Waals surface area contributed by atoms with E-state index < -0.39 is 0 Å². The van der Waals surface area contributed by atoms with Crippen LogP contribution in [0.3, 0.4) is 0 Å². The molecular weight excluding hydrogens is 202 g/mol. The average molecular weight is 216 g/mol. The smallest absolute Gasteiger partial charge is 0.132 e. The third kappa shape index (κ3) is 3.94. The van der Waals surface area contributed by atoms with Gasteiger partial charge in [-0.25, -0.2) is 4.98 Å². The summed E-state index contributed by atoms with van der Waals surface area (Å²) in [6, 6.07) is 3.46. The summed E-state index contributed by atoms with van der Waals surface area (Å²) in [7, 11) is 0. The van der Waals surface area contributed by atoms with E-state index >= 15 is 0 Å². The van der Waals surface area contributed by atoms with Gasteiger partial charge >= 0.3 is 0 Å². The molecule has 78 valence electrons. The molecule has 0 spiro atoms. The second-order valence-corrected chi connectivity index (χ2v) is 3.29. The lowest BCUT2D eigenvalue weighted by molar-refractivity contribution is 0.0657. The predicted molar refractivity (Wildman–Crippen MR) is 55.8 cm³/mol. The molecular formula is C10H14ClNO2. The van der Waals surface area contributed by atoms with Gasteiger partial charge in [0.2, 0.25) is 0 Å². The third-order valence-corrected chi connectivity index (χ3v) is 1.80. The summed E-state index contributed by atoms with van der Waals surface area (Å²) < 4.78 is 10.8. The van der Waals surface area contributed by atoms with E-state index in [1.54, 1.807) is 18.3 Å². The van der Waals surface area contributed by atoms with Gasteiger partial charge in [0, 0.05) is 18.9 Å². The van der Waals surface area contributed by atoms with Gasteiger partial charge in [0.15, 0.2) is 0 Å². The minimum Gasteiger partial charge on any atom is -0.488 e. The van der Waals surface area contributed by atoms with Crippen molar-refractivity contribution in [3.8, 4) is 5.75 Å². The van der Waals surface area contributed by atoms with E-state index in [4.69, 9.17) is 21.1 Å². The number of rotatable bonds is 5. The molecule has 1 rings (SSSR count). The Balaban J connectivity index is 2.43. The van der Waals surface area contributed by atoms with Gasteiger partial charge in [-0.15, -0.1) is 0 Å². The first-order chi connectivity index (χ1) is 6.72. The molecule has 0 aliphatic carbocycles. The molecule has 0 aromatic carbocycles. The van der Waals surface area contributed by atoms with Crippen molar-refractivity contribution in [2.75, 3.05) is 13.2 Å². The van der Waals surface area contributed by atoms with Gasteiger partial charge in [-0.2, -0.15) is 0 Å². The second kappa shape index (κ2) is 5.83. The molecule has 1 aromatic heterocycles. The summed E-state index contributed by atoms with van der Waals surface area (Å²) in [6.07, 6.45) is 1.64. The fraction of sp³-hybridized carbons (Fsp3) is 0.500. The molecule has 1 aromatic rings. The van der Waals surface area contributed by atoms with Gasteiger partial charge in [-0.1, -0.05) is 11.6 Å². The molecule has 0 saturated carbocycles. The molecule has 0 radical (unpaired) electrons. The fourth-order valence-electron chi connectivity index (χ4n) is 1.01. The van der Waals surface area contributed by atoms with Gasteiger partial charge < -0.3 is 9.47 Å². The normalized spacial score (nSPS) is 12.5. The first kappa shape index (κ1) is 11.3. The highest BCUT2D eigenvalue weighted by Crippen LogP contribution is 2.15. The molecule has 1 heterocycles. The highest BCUT2D eigenvalue weighted by atomic mass is 35.5. The summed E-state index contributed by atoms with van der Waals surface area (Å²) in [5.41, 5.74) is 0. The Morgan fingerprint density at radius 1 is 1.57 bits per heavy atom. The van der Waals surface area contributed by atoms with Crippen LogP contribution in [0, 0.1) is 0 Å². The Labute approximate surface area is 89.0 Å². The third-order valence-electron chi connectivity index (χ3n) is 1.59. The van der Waals surface area contributed by atoms with Crippen molar-refractivity contribution in [1.29, 1.82) is 0 Å². The minimum absolute atomic E-state index is 0.0217. The number of aromatic nitrogens is 1. The molecule has 0 aliphatic heterocycles. The molecule has 3 nitrogen and oxygen atoms in total. The maximum atomic E-state index is 5.71. The summed E-state index contributed by atoms with van der Waals surface area (Å²) in [5, 5.41) is 0.436. The monoisotopic (exact) mass is 215 g/mol. The zero-order valence-corrected chi connectivity index (χ0v) is 9.12. The maximum absolute atomic E-state index is 5.71. The number of nitrogens with zero attached hydrogens (tertiary/aromatic N) is 1. The van der Waals surface area contributed by atoms with Crippen molar-refractivity contribution in [2.24, 2.45) is 0 Å². The van der Waals surface area contributed by atoms with Gasteiger partial charge in [0.05, 0.1) is 6.61 Å². The molecule has 0 N–H and O–H groups in total. The van der Waals surface area contributed by atoms with Gasteiger partial charge in [-0.05, 0) is 19.9 Å². The number of pyridine rings is 1. The molecule has 4 heteroatoms. The highest BCUT2D eigenvalue weighted by Gasteiger charge is 2.03. The molecule has 1 atom stereocenters. The fourth-order valence-corrected chi connectivity index (χ4v) is 1.17. The standard InChI is InChI=1S/C10H14ClNO2/c1-3-13-7-8(2)14-9-4-5-12-10(11)6-9/h4-6,8H,3,7H2,1-2H3. The summed E-state index contributed by atoms with van der Waals surface area (Å²) in [6.45, 7) is 5.18. The predicted octanol–water partition coefficient (Wildman–Crippen LogP) is 2.54. The SMILES string of the molecule is CCOCC(C)Oc1ccnc(Cl)c1. The summed E-state index contributed by atoms with van der Waals surface area (Å²) >= 11 is 5.71. The Kier molecular flexibility index (Phi) is 4.70. The maximum Gasteiger partial charge on any atom is 0.132 e. The lowest BCUT2D eigenvalue weighted by Crippen LogP contribution is -2.19. The number of halogens is 1. The van der Waals surface area contributed by atoms with Crippen LogP contribution in [0.5, 0.6) is 5.75 Å². The molecule has 14 heavy (non-hydrogen) atoms. The van der Waals surface area contributed by atoms with Crippen LogP contribution < -0.4 is 4.74 Å².